The quantitative estimate of drug-likeness (QED) is 0.672. The number of carbonyl (C=O) groups is 1. The van der Waals surface area contributed by atoms with Crippen LogP contribution in [0.4, 0.5) is 0 Å². The van der Waals surface area contributed by atoms with E-state index in [9.17, 15) is 4.79 Å². The molecular formula is C24H29NO. The Morgan fingerprint density at radius 3 is 2.15 bits per heavy atom. The van der Waals surface area contributed by atoms with E-state index < -0.39 is 0 Å². The number of ketones is 1. The van der Waals surface area contributed by atoms with Crippen LogP contribution < -0.4 is 0 Å². The lowest BCUT2D eigenvalue weighted by molar-refractivity contribution is 0.0678. The number of piperidine rings is 1. The Morgan fingerprint density at radius 1 is 0.962 bits per heavy atom. The van der Waals surface area contributed by atoms with Crippen LogP contribution >= 0.6 is 0 Å². The second-order valence-electron chi connectivity index (χ2n) is 8.35. The van der Waals surface area contributed by atoms with Crippen molar-refractivity contribution in [3.05, 3.63) is 71.3 Å². The zero-order chi connectivity index (χ0) is 18.1. The fourth-order valence-electron chi connectivity index (χ4n) is 4.81. The molecule has 0 N–H and O–H groups in total. The molecule has 2 nitrogen and oxygen atoms in total. The van der Waals surface area contributed by atoms with Gasteiger partial charge in [0, 0.05) is 30.1 Å². The minimum Gasteiger partial charge on any atom is -0.294 e. The van der Waals surface area contributed by atoms with Crippen molar-refractivity contribution >= 4 is 5.78 Å². The van der Waals surface area contributed by atoms with Crippen LogP contribution in [-0.4, -0.2) is 22.8 Å². The van der Waals surface area contributed by atoms with Crippen LogP contribution in [0.2, 0.25) is 0 Å². The van der Waals surface area contributed by atoms with Gasteiger partial charge in [-0.05, 0) is 42.7 Å². The summed E-state index contributed by atoms with van der Waals surface area (Å²) in [5.41, 5.74) is 3.59. The molecule has 0 spiro atoms. The van der Waals surface area contributed by atoms with Crippen LogP contribution in [-0.2, 0) is 6.54 Å². The van der Waals surface area contributed by atoms with Gasteiger partial charge in [0.2, 0.25) is 0 Å². The molecule has 2 heteroatoms. The number of benzene rings is 2. The van der Waals surface area contributed by atoms with Gasteiger partial charge in [-0.3, -0.25) is 9.69 Å². The SMILES string of the molecule is CC(C)c1ccc(C(=O)C2CC3CCC(C2)N3Cc2ccccc2)cc1. The second kappa shape index (κ2) is 7.36. The maximum atomic E-state index is 13.0. The first kappa shape index (κ1) is 17.5. The van der Waals surface area contributed by atoms with Gasteiger partial charge < -0.3 is 0 Å². The van der Waals surface area contributed by atoms with Gasteiger partial charge in [0.15, 0.2) is 5.78 Å². The van der Waals surface area contributed by atoms with E-state index in [0.29, 0.717) is 23.8 Å². The molecule has 0 radical (unpaired) electrons. The Labute approximate surface area is 157 Å². The van der Waals surface area contributed by atoms with Crippen LogP contribution in [0.15, 0.2) is 54.6 Å². The molecule has 2 saturated heterocycles. The lowest BCUT2D eigenvalue weighted by Crippen LogP contribution is -2.44. The van der Waals surface area contributed by atoms with E-state index in [-0.39, 0.29) is 5.92 Å². The minimum absolute atomic E-state index is 0.199. The zero-order valence-corrected chi connectivity index (χ0v) is 15.9. The van der Waals surface area contributed by atoms with Crippen molar-refractivity contribution in [1.82, 2.24) is 4.90 Å². The van der Waals surface area contributed by atoms with Crippen LogP contribution in [0.3, 0.4) is 0 Å². The number of Topliss-reactive ketones (excluding diaryl/α,β-unsaturated/α-hetero) is 1. The smallest absolute Gasteiger partial charge is 0.166 e. The molecule has 2 aliphatic rings. The fourth-order valence-corrected chi connectivity index (χ4v) is 4.81. The number of rotatable bonds is 5. The summed E-state index contributed by atoms with van der Waals surface area (Å²) in [5, 5.41) is 0. The summed E-state index contributed by atoms with van der Waals surface area (Å²) in [6, 6.07) is 20.2. The highest BCUT2D eigenvalue weighted by Gasteiger charge is 2.42. The lowest BCUT2D eigenvalue weighted by atomic mass is 9.84. The molecule has 0 aromatic heterocycles. The molecule has 0 aliphatic carbocycles. The van der Waals surface area contributed by atoms with Gasteiger partial charge in [-0.2, -0.15) is 0 Å². The highest BCUT2D eigenvalue weighted by Crippen LogP contribution is 2.40. The lowest BCUT2D eigenvalue weighted by Gasteiger charge is -2.38. The van der Waals surface area contributed by atoms with Gasteiger partial charge in [-0.1, -0.05) is 68.4 Å². The van der Waals surface area contributed by atoms with Crippen molar-refractivity contribution in [2.45, 2.75) is 64.1 Å². The standard InChI is InChI=1S/C24H29NO/c1-17(2)19-8-10-20(11-9-19)24(26)21-14-22-12-13-23(15-21)25(22)16-18-6-4-3-5-7-18/h3-11,17,21-23H,12-16H2,1-2H3. The molecule has 0 saturated carbocycles. The molecule has 2 aliphatic heterocycles. The minimum atomic E-state index is 0.199. The van der Waals surface area contributed by atoms with E-state index in [1.54, 1.807) is 0 Å². The van der Waals surface area contributed by atoms with Gasteiger partial charge >= 0.3 is 0 Å². The van der Waals surface area contributed by atoms with Crippen molar-refractivity contribution in [1.29, 1.82) is 0 Å². The third kappa shape index (κ3) is 3.48. The van der Waals surface area contributed by atoms with Crippen molar-refractivity contribution < 1.29 is 4.79 Å². The van der Waals surface area contributed by atoms with E-state index in [2.05, 4.69) is 61.2 Å². The number of hydrogen-bond donors (Lipinski definition) is 0. The highest BCUT2D eigenvalue weighted by molar-refractivity contribution is 5.98. The van der Waals surface area contributed by atoms with Crippen LogP contribution in [0.25, 0.3) is 0 Å². The third-order valence-electron chi connectivity index (χ3n) is 6.32. The Kier molecular flexibility index (Phi) is 4.95. The monoisotopic (exact) mass is 347 g/mol. The van der Waals surface area contributed by atoms with Crippen molar-refractivity contribution in [3.8, 4) is 0 Å². The van der Waals surface area contributed by atoms with Gasteiger partial charge in [-0.15, -0.1) is 0 Å². The van der Waals surface area contributed by atoms with E-state index in [1.807, 2.05) is 12.1 Å². The summed E-state index contributed by atoms with van der Waals surface area (Å²) in [4.78, 5) is 15.7. The van der Waals surface area contributed by atoms with E-state index in [0.717, 1.165) is 24.9 Å². The third-order valence-corrected chi connectivity index (χ3v) is 6.32. The normalized spacial score (nSPS) is 25.6. The first-order valence-corrected chi connectivity index (χ1v) is 10.1. The molecule has 2 aromatic carbocycles. The topological polar surface area (TPSA) is 20.3 Å². The highest BCUT2D eigenvalue weighted by atomic mass is 16.1. The average Bonchev–Trinajstić information content (AvgIpc) is 2.90. The first-order chi connectivity index (χ1) is 12.6. The largest absolute Gasteiger partial charge is 0.294 e. The summed E-state index contributed by atoms with van der Waals surface area (Å²) < 4.78 is 0. The predicted molar refractivity (Wildman–Crippen MR) is 106 cm³/mol. The van der Waals surface area contributed by atoms with E-state index >= 15 is 0 Å². The number of carbonyl (C=O) groups excluding carboxylic acids is 1. The van der Waals surface area contributed by atoms with Crippen LogP contribution in [0, 0.1) is 5.92 Å². The van der Waals surface area contributed by atoms with Gasteiger partial charge in [0.05, 0.1) is 0 Å². The average molecular weight is 348 g/mol. The molecule has 0 amide bonds. The van der Waals surface area contributed by atoms with Crippen molar-refractivity contribution in [2.75, 3.05) is 0 Å². The van der Waals surface area contributed by atoms with E-state index in [1.165, 1.54) is 24.0 Å². The van der Waals surface area contributed by atoms with Gasteiger partial charge in [0.1, 0.15) is 0 Å². The molecular weight excluding hydrogens is 318 g/mol. The summed E-state index contributed by atoms with van der Waals surface area (Å²) in [6.45, 7) is 5.41. The summed E-state index contributed by atoms with van der Waals surface area (Å²) in [7, 11) is 0. The maximum absolute atomic E-state index is 13.0. The zero-order valence-electron chi connectivity index (χ0n) is 15.9. The molecule has 2 fully saturated rings. The molecule has 2 aromatic rings. The Hall–Kier alpha value is -1.93. The number of nitrogens with zero attached hydrogens (tertiary/aromatic N) is 1. The molecule has 2 bridgehead atoms. The number of fused-ring (bicyclic) bond motifs is 2. The summed E-state index contributed by atoms with van der Waals surface area (Å²) in [5.74, 6) is 1.07. The summed E-state index contributed by atoms with van der Waals surface area (Å²) in [6.07, 6.45) is 4.53. The van der Waals surface area contributed by atoms with Crippen molar-refractivity contribution in [3.63, 3.8) is 0 Å². The molecule has 2 unspecified atom stereocenters. The van der Waals surface area contributed by atoms with Crippen molar-refractivity contribution in [2.24, 2.45) is 5.92 Å². The van der Waals surface area contributed by atoms with Crippen LogP contribution in [0.5, 0.6) is 0 Å². The molecule has 2 atom stereocenters. The number of hydrogen-bond acceptors (Lipinski definition) is 2. The Balaban J connectivity index is 1.44. The van der Waals surface area contributed by atoms with Crippen LogP contribution in [0.1, 0.15) is 66.9 Å². The fraction of sp³-hybridized carbons (Fsp3) is 0.458. The van der Waals surface area contributed by atoms with Gasteiger partial charge in [-0.25, -0.2) is 0 Å². The Bertz CT molecular complexity index is 736. The second-order valence-corrected chi connectivity index (χ2v) is 8.35. The van der Waals surface area contributed by atoms with E-state index in [4.69, 9.17) is 0 Å². The predicted octanol–water partition coefficient (Wildman–Crippen LogP) is 5.44. The first-order valence-electron chi connectivity index (χ1n) is 10.1. The van der Waals surface area contributed by atoms with Gasteiger partial charge in [0.25, 0.3) is 0 Å². The molecule has 26 heavy (non-hydrogen) atoms. The maximum Gasteiger partial charge on any atom is 0.166 e. The molecule has 2 heterocycles. The Morgan fingerprint density at radius 2 is 1.58 bits per heavy atom. The molecule has 136 valence electrons. The molecule has 4 rings (SSSR count). The summed E-state index contributed by atoms with van der Waals surface area (Å²) >= 11 is 0.